The van der Waals surface area contributed by atoms with Gasteiger partial charge in [0.1, 0.15) is 12.4 Å². The molecule has 0 aliphatic carbocycles. The molecular weight excluding hydrogens is 331 g/mol. The van der Waals surface area contributed by atoms with Crippen LogP contribution in [0.3, 0.4) is 0 Å². The Kier molecular flexibility index (Phi) is 5.78. The lowest BCUT2D eigenvalue weighted by Gasteiger charge is -2.15. The fourth-order valence-electron chi connectivity index (χ4n) is 1.97. The Bertz CT molecular complexity index is 701. The van der Waals surface area contributed by atoms with E-state index in [1.54, 1.807) is 6.07 Å². The van der Waals surface area contributed by atoms with Crippen molar-refractivity contribution in [3.8, 4) is 11.3 Å². The zero-order chi connectivity index (χ0) is 17.7. The highest BCUT2D eigenvalue weighted by Crippen LogP contribution is 2.23. The van der Waals surface area contributed by atoms with E-state index in [2.05, 4.69) is 39.7 Å². The number of aromatic nitrogens is 4. The first-order valence-electron chi connectivity index (χ1n) is 7.53. The zero-order valence-corrected chi connectivity index (χ0v) is 15.2. The van der Waals surface area contributed by atoms with Crippen molar-refractivity contribution < 1.29 is 18.7 Å². The number of ether oxygens (including phenoxy) is 2. The highest BCUT2D eigenvalue weighted by atomic mass is 28.3. The molecule has 2 rings (SSSR count). The topological polar surface area (TPSA) is 79.1 Å². The van der Waals surface area contributed by atoms with Gasteiger partial charge in [-0.15, -0.1) is 0 Å². The van der Waals surface area contributed by atoms with Crippen LogP contribution in [0, 0.1) is 5.82 Å². The predicted octanol–water partition coefficient (Wildman–Crippen LogP) is 2.58. The molecule has 24 heavy (non-hydrogen) atoms. The van der Waals surface area contributed by atoms with Gasteiger partial charge in [-0.05, 0) is 12.1 Å². The lowest BCUT2D eigenvalue weighted by atomic mass is 10.2. The van der Waals surface area contributed by atoms with Crippen molar-refractivity contribution in [2.75, 3.05) is 13.7 Å². The lowest BCUT2D eigenvalue weighted by molar-refractivity contribution is 0.0510. The van der Waals surface area contributed by atoms with E-state index in [1.807, 2.05) is 0 Å². The molecule has 0 unspecified atom stereocenters. The summed E-state index contributed by atoms with van der Waals surface area (Å²) in [4.78, 5) is 11.9. The van der Waals surface area contributed by atoms with Gasteiger partial charge >= 0.3 is 5.97 Å². The summed E-state index contributed by atoms with van der Waals surface area (Å²) < 4.78 is 26.0. The molecule has 9 heteroatoms. The van der Waals surface area contributed by atoms with Crippen LogP contribution in [0.2, 0.25) is 25.7 Å². The van der Waals surface area contributed by atoms with Gasteiger partial charge in [0.25, 0.3) is 0 Å². The highest BCUT2D eigenvalue weighted by Gasteiger charge is 2.26. The Labute approximate surface area is 140 Å². The molecule has 0 saturated heterocycles. The summed E-state index contributed by atoms with van der Waals surface area (Å²) in [7, 11) is -0.0383. The van der Waals surface area contributed by atoms with E-state index in [1.165, 1.54) is 24.2 Å². The van der Waals surface area contributed by atoms with Crippen molar-refractivity contribution in [3.05, 3.63) is 30.0 Å². The smallest absolute Gasteiger partial charge is 0.359 e. The van der Waals surface area contributed by atoms with E-state index in [9.17, 15) is 9.18 Å². The van der Waals surface area contributed by atoms with E-state index in [0.717, 1.165) is 6.04 Å². The van der Waals surface area contributed by atoms with Gasteiger partial charge in [0.15, 0.2) is 11.5 Å². The number of nitrogens with zero attached hydrogens (tertiary/aromatic N) is 4. The van der Waals surface area contributed by atoms with E-state index in [-0.39, 0.29) is 18.1 Å². The standard InChI is InChI=1S/C15H21FN4O3Si/c1-22-15(21)14-12(16)13(11-5-6-17-18-9-11)19-20(14)10-23-7-8-24(2,3)4/h5-6,9H,7-8,10H2,1-4H3. The molecule has 2 aromatic heterocycles. The third kappa shape index (κ3) is 4.45. The van der Waals surface area contributed by atoms with Gasteiger partial charge in [0.05, 0.1) is 19.5 Å². The molecule has 0 aliphatic heterocycles. The van der Waals surface area contributed by atoms with Gasteiger partial charge in [-0.3, -0.25) is 0 Å². The fraction of sp³-hybridized carbons (Fsp3) is 0.467. The molecule has 0 aliphatic rings. The second-order valence-corrected chi connectivity index (χ2v) is 12.1. The first-order valence-corrected chi connectivity index (χ1v) is 11.2. The number of carbonyl (C=O) groups is 1. The normalized spacial score (nSPS) is 11.5. The molecule has 0 fully saturated rings. The maximum absolute atomic E-state index is 14.6. The molecule has 0 radical (unpaired) electrons. The molecule has 0 atom stereocenters. The van der Waals surface area contributed by atoms with Crippen molar-refractivity contribution in [2.45, 2.75) is 32.4 Å². The SMILES string of the molecule is COC(=O)c1c(F)c(-c2ccnnc2)nn1COCC[Si](C)(C)C. The summed E-state index contributed by atoms with van der Waals surface area (Å²) >= 11 is 0. The number of carbonyl (C=O) groups excluding carboxylic acids is 1. The van der Waals surface area contributed by atoms with Gasteiger partial charge in [0, 0.05) is 20.2 Å². The average Bonchev–Trinajstić information content (AvgIpc) is 2.87. The fourth-order valence-corrected chi connectivity index (χ4v) is 2.73. The van der Waals surface area contributed by atoms with Gasteiger partial charge in [-0.1, -0.05) is 19.6 Å². The van der Waals surface area contributed by atoms with Gasteiger partial charge in [-0.2, -0.15) is 15.3 Å². The number of rotatable bonds is 7. The first kappa shape index (κ1) is 18.2. The molecular formula is C15H21FN4O3Si. The summed E-state index contributed by atoms with van der Waals surface area (Å²) in [5.74, 6) is -1.56. The van der Waals surface area contributed by atoms with Crippen molar-refractivity contribution in [3.63, 3.8) is 0 Å². The molecule has 0 bridgehead atoms. The van der Waals surface area contributed by atoms with Crippen molar-refractivity contribution in [1.29, 1.82) is 0 Å². The van der Waals surface area contributed by atoms with Crippen LogP contribution in [0.15, 0.2) is 18.5 Å². The zero-order valence-electron chi connectivity index (χ0n) is 14.2. The molecule has 2 heterocycles. The van der Waals surface area contributed by atoms with Crippen LogP contribution in [0.1, 0.15) is 10.5 Å². The number of methoxy groups -OCH3 is 1. The quantitative estimate of drug-likeness (QED) is 0.433. The van der Waals surface area contributed by atoms with Crippen LogP contribution in [-0.2, 0) is 16.2 Å². The number of hydrogen-bond donors (Lipinski definition) is 0. The third-order valence-corrected chi connectivity index (χ3v) is 5.05. The summed E-state index contributed by atoms with van der Waals surface area (Å²) in [6.07, 6.45) is 2.80. The van der Waals surface area contributed by atoms with Gasteiger partial charge in [-0.25, -0.2) is 13.9 Å². The van der Waals surface area contributed by atoms with Gasteiger partial charge < -0.3 is 9.47 Å². The monoisotopic (exact) mass is 352 g/mol. The summed E-state index contributed by atoms with van der Waals surface area (Å²) in [6.45, 7) is 7.21. The maximum Gasteiger partial charge on any atom is 0.359 e. The molecule has 0 N–H and O–H groups in total. The lowest BCUT2D eigenvalue weighted by Crippen LogP contribution is -2.22. The first-order chi connectivity index (χ1) is 11.3. The number of esters is 1. The van der Waals surface area contributed by atoms with E-state index in [4.69, 9.17) is 4.74 Å². The summed E-state index contributed by atoms with van der Waals surface area (Å²) in [5, 5.41) is 11.5. The largest absolute Gasteiger partial charge is 0.464 e. The second kappa shape index (κ2) is 7.62. The molecule has 0 spiro atoms. The van der Waals surface area contributed by atoms with E-state index < -0.39 is 19.9 Å². The van der Waals surface area contributed by atoms with Crippen molar-refractivity contribution in [2.24, 2.45) is 0 Å². The van der Waals surface area contributed by atoms with E-state index in [0.29, 0.717) is 12.2 Å². The highest BCUT2D eigenvalue weighted by molar-refractivity contribution is 6.76. The minimum atomic E-state index is -1.23. The average molecular weight is 352 g/mol. The Morgan fingerprint density at radius 1 is 1.33 bits per heavy atom. The Morgan fingerprint density at radius 2 is 2.08 bits per heavy atom. The molecule has 130 valence electrons. The Morgan fingerprint density at radius 3 is 2.67 bits per heavy atom. The summed E-state index contributed by atoms with van der Waals surface area (Å²) in [5.41, 5.74) is 0.171. The predicted molar refractivity (Wildman–Crippen MR) is 88.7 cm³/mol. The van der Waals surface area contributed by atoms with Crippen LogP contribution >= 0.6 is 0 Å². The third-order valence-electron chi connectivity index (χ3n) is 3.34. The Balaban J connectivity index is 2.24. The molecule has 2 aromatic rings. The Hall–Kier alpha value is -2.13. The minimum absolute atomic E-state index is 0.0131. The van der Waals surface area contributed by atoms with Gasteiger partial charge in [0.2, 0.25) is 0 Å². The van der Waals surface area contributed by atoms with Crippen LogP contribution in [-0.4, -0.2) is 47.7 Å². The van der Waals surface area contributed by atoms with Crippen molar-refractivity contribution >= 4 is 14.0 Å². The van der Waals surface area contributed by atoms with Crippen molar-refractivity contribution in [1.82, 2.24) is 20.0 Å². The second-order valence-electron chi connectivity index (χ2n) is 6.48. The van der Waals surface area contributed by atoms with Crippen LogP contribution in [0.25, 0.3) is 11.3 Å². The maximum atomic E-state index is 14.6. The molecule has 0 amide bonds. The van der Waals surface area contributed by atoms with Crippen LogP contribution < -0.4 is 0 Å². The summed E-state index contributed by atoms with van der Waals surface area (Å²) in [6, 6.07) is 2.53. The molecule has 7 nitrogen and oxygen atoms in total. The molecule has 0 saturated carbocycles. The number of halogens is 1. The van der Waals surface area contributed by atoms with Crippen LogP contribution in [0.4, 0.5) is 4.39 Å². The van der Waals surface area contributed by atoms with Crippen LogP contribution in [0.5, 0.6) is 0 Å². The minimum Gasteiger partial charge on any atom is -0.464 e. The molecule has 0 aromatic carbocycles. The van der Waals surface area contributed by atoms with E-state index >= 15 is 0 Å². The number of hydrogen-bond acceptors (Lipinski definition) is 6.